The molecule has 1 aliphatic heterocycles. The summed E-state index contributed by atoms with van der Waals surface area (Å²) in [6.45, 7) is 14.7. The number of hydrogen-bond donors (Lipinski definition) is 1. The van der Waals surface area contributed by atoms with Gasteiger partial charge in [-0.25, -0.2) is 4.79 Å². The van der Waals surface area contributed by atoms with Gasteiger partial charge in [-0.05, 0) is 62.1 Å². The van der Waals surface area contributed by atoms with Crippen LogP contribution in [0.5, 0.6) is 0 Å². The van der Waals surface area contributed by atoms with E-state index in [0.717, 1.165) is 18.4 Å². The number of rotatable bonds is 5. The number of carbonyl (C=O) groups is 2. The lowest BCUT2D eigenvalue weighted by Crippen LogP contribution is -2.67. The van der Waals surface area contributed by atoms with Crippen molar-refractivity contribution in [3.8, 4) is 0 Å². The van der Waals surface area contributed by atoms with Gasteiger partial charge in [0.2, 0.25) is 5.78 Å². The van der Waals surface area contributed by atoms with E-state index in [0.29, 0.717) is 12.0 Å². The fourth-order valence-corrected chi connectivity index (χ4v) is 7.88. The van der Waals surface area contributed by atoms with E-state index in [2.05, 4.69) is 13.5 Å². The lowest BCUT2D eigenvalue weighted by Gasteiger charge is -2.59. The van der Waals surface area contributed by atoms with Gasteiger partial charge in [0.25, 0.3) is 0 Å². The highest BCUT2D eigenvalue weighted by Gasteiger charge is 2.68. The summed E-state index contributed by atoms with van der Waals surface area (Å²) in [7, 11) is 1.59. The van der Waals surface area contributed by atoms with Crippen LogP contribution in [0.1, 0.15) is 64.2 Å². The van der Waals surface area contributed by atoms with Gasteiger partial charge in [0, 0.05) is 24.4 Å². The molecule has 39 heavy (non-hydrogen) atoms. The molecule has 9 atom stereocenters. The van der Waals surface area contributed by atoms with Crippen LogP contribution in [-0.4, -0.2) is 67.1 Å². The van der Waals surface area contributed by atoms with Crippen LogP contribution in [0.2, 0.25) is 0 Å². The largest absolute Gasteiger partial charge is 0.450 e. The highest BCUT2D eigenvalue weighted by atomic mass is 16.8. The molecule has 3 saturated carbocycles. The van der Waals surface area contributed by atoms with Crippen LogP contribution in [-0.2, 0) is 28.5 Å². The average Bonchev–Trinajstić information content (AvgIpc) is 3.21. The second-order valence-corrected chi connectivity index (χ2v) is 13.0. The van der Waals surface area contributed by atoms with E-state index in [-0.39, 0.29) is 30.8 Å². The highest BCUT2D eigenvalue weighted by Crippen LogP contribution is 2.62. The van der Waals surface area contributed by atoms with E-state index < -0.39 is 52.6 Å². The lowest BCUT2D eigenvalue weighted by molar-refractivity contribution is -0.196. The molecule has 0 radical (unpaired) electrons. The molecule has 4 fully saturated rings. The molecule has 1 aromatic rings. The van der Waals surface area contributed by atoms with E-state index in [4.69, 9.17) is 23.7 Å². The van der Waals surface area contributed by atoms with Crippen LogP contribution in [0.25, 0.3) is 0 Å². The molecule has 0 spiro atoms. The standard InChI is InChI=1S/C31H42O8/c1-17-19-15-20-25(37-28(34)18-11-9-8-10-12-18)24(33)23(32)22(29(20,2)3)26-27(39-30(4,5)38-26)31(19,6)14-13-21(17)36-16-35-7/h8-12,19-23,25-27,32H,1,13-16H2,2-7H3/t19-,20-,21+,22-,23?,25?,26?,27+,31-/m1/s1. The predicted molar refractivity (Wildman–Crippen MR) is 143 cm³/mol. The molecule has 5 rings (SSSR count). The first-order chi connectivity index (χ1) is 18.3. The average molecular weight is 543 g/mol. The monoisotopic (exact) mass is 542 g/mol. The number of hydrogen-bond acceptors (Lipinski definition) is 8. The smallest absolute Gasteiger partial charge is 0.338 e. The summed E-state index contributed by atoms with van der Waals surface area (Å²) in [6.07, 6.45) is -1.51. The molecule has 1 heterocycles. The first-order valence-electron chi connectivity index (χ1n) is 13.9. The van der Waals surface area contributed by atoms with E-state index in [1.165, 1.54) is 0 Å². The summed E-state index contributed by atoms with van der Waals surface area (Å²) in [4.78, 5) is 27.0. The Morgan fingerprint density at radius 1 is 1.13 bits per heavy atom. The Labute approximate surface area is 231 Å². The maximum absolute atomic E-state index is 13.8. The molecule has 214 valence electrons. The molecule has 0 amide bonds. The van der Waals surface area contributed by atoms with Crippen LogP contribution in [0.3, 0.4) is 0 Å². The number of ether oxygens (including phenoxy) is 5. The first kappa shape index (κ1) is 28.4. The maximum atomic E-state index is 13.8. The third-order valence-corrected chi connectivity index (χ3v) is 9.95. The Morgan fingerprint density at radius 3 is 2.49 bits per heavy atom. The van der Waals surface area contributed by atoms with Crippen LogP contribution in [0.4, 0.5) is 0 Å². The Hall–Kier alpha value is -2.10. The van der Waals surface area contributed by atoms with Gasteiger partial charge < -0.3 is 28.8 Å². The van der Waals surface area contributed by atoms with Gasteiger partial charge in [-0.15, -0.1) is 0 Å². The topological polar surface area (TPSA) is 101 Å². The van der Waals surface area contributed by atoms with Crippen molar-refractivity contribution in [1.29, 1.82) is 0 Å². The summed E-state index contributed by atoms with van der Waals surface area (Å²) in [6, 6.07) is 8.63. The minimum atomic E-state index is -1.36. The van der Waals surface area contributed by atoms with E-state index in [1.807, 2.05) is 33.8 Å². The van der Waals surface area contributed by atoms with Crippen molar-refractivity contribution in [2.24, 2.45) is 28.6 Å². The van der Waals surface area contributed by atoms with Crippen LogP contribution < -0.4 is 0 Å². The normalized spacial score (nSPS) is 40.7. The number of aliphatic hydroxyl groups is 1. The molecule has 8 heteroatoms. The zero-order valence-electron chi connectivity index (χ0n) is 23.8. The second kappa shape index (κ2) is 10.1. The van der Waals surface area contributed by atoms with Crippen molar-refractivity contribution in [2.45, 2.75) is 90.2 Å². The third-order valence-electron chi connectivity index (χ3n) is 9.95. The first-order valence-corrected chi connectivity index (χ1v) is 13.9. The molecule has 1 saturated heterocycles. The van der Waals surface area contributed by atoms with Gasteiger partial charge in [0.1, 0.15) is 12.9 Å². The van der Waals surface area contributed by atoms with Gasteiger partial charge in [0.15, 0.2) is 11.9 Å². The van der Waals surface area contributed by atoms with E-state index in [1.54, 1.807) is 31.4 Å². The number of ketones is 1. The SMILES string of the molecule is C=C1[C@@H](OCOC)CC[C@]2(C)[C@@H]1C[C@@H]1C(OC(=O)c3ccccc3)C(=O)C(O)[C@H](C3OC(C)(C)O[C@@H]32)C1(C)C. The van der Waals surface area contributed by atoms with Gasteiger partial charge in [-0.3, -0.25) is 4.79 Å². The van der Waals surface area contributed by atoms with Crippen molar-refractivity contribution >= 4 is 11.8 Å². The number of esters is 1. The molecule has 3 unspecified atom stereocenters. The summed E-state index contributed by atoms with van der Waals surface area (Å²) in [5, 5.41) is 11.6. The van der Waals surface area contributed by atoms with Gasteiger partial charge in [0.05, 0.1) is 23.9 Å². The van der Waals surface area contributed by atoms with Crippen molar-refractivity contribution in [2.75, 3.05) is 13.9 Å². The molecular formula is C31H42O8. The highest BCUT2D eigenvalue weighted by molar-refractivity contribution is 5.95. The number of benzene rings is 1. The van der Waals surface area contributed by atoms with Crippen LogP contribution in [0.15, 0.2) is 42.5 Å². The van der Waals surface area contributed by atoms with Crippen LogP contribution in [0, 0.1) is 28.6 Å². The Balaban J connectivity index is 1.59. The molecule has 2 bridgehead atoms. The Morgan fingerprint density at radius 2 is 1.82 bits per heavy atom. The number of aliphatic hydroxyl groups excluding tert-OH is 1. The summed E-state index contributed by atoms with van der Waals surface area (Å²) < 4.78 is 30.3. The maximum Gasteiger partial charge on any atom is 0.338 e. The summed E-state index contributed by atoms with van der Waals surface area (Å²) in [5.41, 5.74) is 0.251. The fraction of sp³-hybridized carbons (Fsp3) is 0.677. The molecule has 1 N–H and O–H groups in total. The van der Waals surface area contributed by atoms with Gasteiger partial charge in [-0.1, -0.05) is 45.5 Å². The quantitative estimate of drug-likeness (QED) is 0.334. The minimum absolute atomic E-state index is 0.107. The van der Waals surface area contributed by atoms with E-state index >= 15 is 0 Å². The van der Waals surface area contributed by atoms with Gasteiger partial charge in [-0.2, -0.15) is 0 Å². The molecular weight excluding hydrogens is 500 g/mol. The lowest BCUT2D eigenvalue weighted by atomic mass is 9.48. The number of Topliss-reactive ketones (excluding diaryl/α,β-unsaturated/α-hetero) is 1. The second-order valence-electron chi connectivity index (χ2n) is 13.0. The van der Waals surface area contributed by atoms with Crippen molar-refractivity contribution in [3.63, 3.8) is 0 Å². The number of carbonyl (C=O) groups excluding carboxylic acids is 2. The number of fused-ring (bicyclic) bond motifs is 6. The summed E-state index contributed by atoms with van der Waals surface area (Å²) in [5.74, 6) is -2.99. The van der Waals surface area contributed by atoms with Gasteiger partial charge >= 0.3 is 5.97 Å². The predicted octanol–water partition coefficient (Wildman–Crippen LogP) is 4.30. The van der Waals surface area contributed by atoms with Crippen molar-refractivity contribution in [1.82, 2.24) is 0 Å². The van der Waals surface area contributed by atoms with Crippen molar-refractivity contribution < 1.29 is 38.4 Å². The van der Waals surface area contributed by atoms with Crippen LogP contribution >= 0.6 is 0 Å². The zero-order chi connectivity index (χ0) is 28.3. The Kier molecular flexibility index (Phi) is 7.34. The fourth-order valence-electron chi connectivity index (χ4n) is 7.88. The molecule has 1 aromatic carbocycles. The van der Waals surface area contributed by atoms with Crippen molar-refractivity contribution in [3.05, 3.63) is 48.0 Å². The van der Waals surface area contributed by atoms with E-state index in [9.17, 15) is 14.7 Å². The minimum Gasteiger partial charge on any atom is -0.450 e. The third kappa shape index (κ3) is 4.68. The molecule has 4 aliphatic rings. The summed E-state index contributed by atoms with van der Waals surface area (Å²) >= 11 is 0. The molecule has 0 aromatic heterocycles. The molecule has 8 nitrogen and oxygen atoms in total. The zero-order valence-corrected chi connectivity index (χ0v) is 23.8. The molecule has 3 aliphatic carbocycles. The Bertz CT molecular complexity index is 1110. The number of methoxy groups -OCH3 is 1.